The van der Waals surface area contributed by atoms with E-state index in [0.717, 1.165) is 6.42 Å². The average molecular weight is 160 g/mol. The van der Waals surface area contributed by atoms with Crippen molar-refractivity contribution in [2.24, 2.45) is 17.3 Å². The Morgan fingerprint density at radius 2 is 2.33 bits per heavy atom. The van der Waals surface area contributed by atoms with Crippen LogP contribution in [0.1, 0.15) is 19.3 Å². The van der Waals surface area contributed by atoms with Gasteiger partial charge in [0.25, 0.3) is 0 Å². The lowest BCUT2D eigenvalue weighted by atomic mass is 9.60. The zero-order valence-electron chi connectivity index (χ0n) is 6.99. The van der Waals surface area contributed by atoms with Crippen molar-refractivity contribution in [1.29, 1.82) is 0 Å². The molecule has 4 aliphatic carbocycles. The number of allylic oxidation sites excluding steroid dienone is 4. The van der Waals surface area contributed by atoms with Gasteiger partial charge in [0.2, 0.25) is 0 Å². The Morgan fingerprint density at radius 1 is 1.42 bits per heavy atom. The maximum Gasteiger partial charge on any atom is 0.159 e. The monoisotopic (exact) mass is 160 g/mol. The first-order chi connectivity index (χ1) is 5.80. The Morgan fingerprint density at radius 3 is 3.00 bits per heavy atom. The van der Waals surface area contributed by atoms with E-state index in [0.29, 0.717) is 17.6 Å². The Hall–Kier alpha value is -0.850. The quantitative estimate of drug-likeness (QED) is 0.496. The molecule has 4 rings (SSSR count). The number of fused-ring (bicyclic) bond motifs is 1. The van der Waals surface area contributed by atoms with E-state index >= 15 is 0 Å². The molecule has 0 aromatic heterocycles. The number of rotatable bonds is 0. The molecule has 0 radical (unpaired) electrons. The highest BCUT2D eigenvalue weighted by atomic mass is 16.1. The fourth-order valence-electron chi connectivity index (χ4n) is 2.93. The number of ketones is 1. The van der Waals surface area contributed by atoms with Crippen LogP contribution in [-0.4, -0.2) is 5.78 Å². The van der Waals surface area contributed by atoms with Gasteiger partial charge in [-0.05, 0) is 31.3 Å². The third kappa shape index (κ3) is 0.626. The van der Waals surface area contributed by atoms with E-state index in [2.05, 4.69) is 18.2 Å². The summed E-state index contributed by atoms with van der Waals surface area (Å²) >= 11 is 0. The maximum atomic E-state index is 11.5. The summed E-state index contributed by atoms with van der Waals surface area (Å²) in [6, 6.07) is 0. The molecule has 4 aliphatic rings. The highest BCUT2D eigenvalue weighted by Crippen LogP contribution is 2.53. The average Bonchev–Trinajstić information content (AvgIpc) is 2.46. The molecular weight excluding hydrogens is 148 g/mol. The van der Waals surface area contributed by atoms with Gasteiger partial charge in [-0.1, -0.05) is 18.2 Å². The molecule has 0 heterocycles. The minimum atomic E-state index is 0.159. The van der Waals surface area contributed by atoms with E-state index < -0.39 is 0 Å². The summed E-state index contributed by atoms with van der Waals surface area (Å²) in [5.74, 6) is 1.37. The van der Waals surface area contributed by atoms with Gasteiger partial charge in [-0.2, -0.15) is 0 Å². The second kappa shape index (κ2) is 1.90. The zero-order chi connectivity index (χ0) is 8.18. The van der Waals surface area contributed by atoms with Crippen molar-refractivity contribution in [3.8, 4) is 0 Å². The number of hydrogen-bond donors (Lipinski definition) is 0. The predicted octanol–water partition coefficient (Wildman–Crippen LogP) is 2.10. The van der Waals surface area contributed by atoms with Gasteiger partial charge < -0.3 is 0 Å². The lowest BCUT2D eigenvalue weighted by Crippen LogP contribution is -2.37. The summed E-state index contributed by atoms with van der Waals surface area (Å²) in [5.41, 5.74) is 0.159. The molecule has 0 aromatic carbocycles. The largest absolute Gasteiger partial charge is 0.295 e. The molecular formula is C11H12O. The molecule has 0 N–H and O–H groups in total. The third-order valence-electron chi connectivity index (χ3n) is 3.72. The lowest BCUT2D eigenvalue weighted by molar-refractivity contribution is -0.120. The molecule has 1 nitrogen and oxygen atoms in total. The van der Waals surface area contributed by atoms with Crippen LogP contribution in [0.4, 0.5) is 0 Å². The molecule has 0 saturated heterocycles. The number of carbonyl (C=O) groups excluding carboxylic acids is 1. The first kappa shape index (κ1) is 6.64. The normalized spacial score (nSPS) is 48.5. The van der Waals surface area contributed by atoms with E-state index in [1.54, 1.807) is 6.08 Å². The molecule has 0 amide bonds. The molecule has 1 spiro atoms. The van der Waals surface area contributed by atoms with Gasteiger partial charge >= 0.3 is 0 Å². The van der Waals surface area contributed by atoms with Gasteiger partial charge in [0.15, 0.2) is 5.78 Å². The van der Waals surface area contributed by atoms with Crippen LogP contribution in [0.5, 0.6) is 0 Å². The molecule has 0 aliphatic heterocycles. The van der Waals surface area contributed by atoms with E-state index in [-0.39, 0.29) is 5.41 Å². The topological polar surface area (TPSA) is 17.1 Å². The second-order valence-corrected chi connectivity index (χ2v) is 4.29. The van der Waals surface area contributed by atoms with Crippen molar-refractivity contribution in [3.63, 3.8) is 0 Å². The van der Waals surface area contributed by atoms with E-state index in [1.807, 2.05) is 0 Å². The summed E-state index contributed by atoms with van der Waals surface area (Å²) in [4.78, 5) is 11.5. The molecule has 0 aromatic rings. The molecule has 2 bridgehead atoms. The summed E-state index contributed by atoms with van der Waals surface area (Å²) in [7, 11) is 0. The van der Waals surface area contributed by atoms with Crippen LogP contribution in [-0.2, 0) is 4.79 Å². The Labute approximate surface area is 72.2 Å². The van der Waals surface area contributed by atoms with Crippen molar-refractivity contribution in [2.75, 3.05) is 0 Å². The van der Waals surface area contributed by atoms with Crippen LogP contribution in [0.2, 0.25) is 0 Å². The van der Waals surface area contributed by atoms with Gasteiger partial charge in [0.05, 0.1) is 0 Å². The smallest absolute Gasteiger partial charge is 0.159 e. The Kier molecular flexibility index (Phi) is 1.05. The lowest BCUT2D eigenvalue weighted by Gasteiger charge is -2.42. The fraction of sp³-hybridized carbons (Fsp3) is 0.545. The van der Waals surface area contributed by atoms with Gasteiger partial charge in [0, 0.05) is 11.3 Å². The van der Waals surface area contributed by atoms with Crippen molar-refractivity contribution in [2.45, 2.75) is 19.3 Å². The zero-order valence-corrected chi connectivity index (χ0v) is 6.99. The maximum absolute atomic E-state index is 11.5. The first-order valence-corrected chi connectivity index (χ1v) is 4.73. The van der Waals surface area contributed by atoms with Gasteiger partial charge in [-0.25, -0.2) is 0 Å². The SMILES string of the molecule is O=C1C=C[C@@]23C=C[C@H](CC2)C[C@@H]13. The van der Waals surface area contributed by atoms with E-state index in [9.17, 15) is 4.79 Å². The molecule has 12 heavy (non-hydrogen) atoms. The molecule has 3 atom stereocenters. The van der Waals surface area contributed by atoms with Crippen LogP contribution >= 0.6 is 0 Å². The van der Waals surface area contributed by atoms with Crippen molar-refractivity contribution in [3.05, 3.63) is 24.3 Å². The number of carbonyl (C=O) groups is 1. The predicted molar refractivity (Wildman–Crippen MR) is 46.6 cm³/mol. The van der Waals surface area contributed by atoms with E-state index in [4.69, 9.17) is 0 Å². The van der Waals surface area contributed by atoms with Gasteiger partial charge in [0.1, 0.15) is 0 Å². The van der Waals surface area contributed by atoms with Gasteiger partial charge in [-0.15, -0.1) is 0 Å². The summed E-state index contributed by atoms with van der Waals surface area (Å²) < 4.78 is 0. The standard InChI is InChI=1S/C11H12O/c12-10-3-6-11-4-1-8(2-5-11)7-9(10)11/h1,3-4,6,8-9H,2,5,7H2/t8-,9+,11-/m1/s1. The highest BCUT2D eigenvalue weighted by Gasteiger charge is 2.48. The molecule has 1 saturated carbocycles. The minimum absolute atomic E-state index is 0.159. The number of hydrogen-bond acceptors (Lipinski definition) is 1. The summed E-state index contributed by atoms with van der Waals surface area (Å²) in [6.07, 6.45) is 12.1. The van der Waals surface area contributed by atoms with Crippen molar-refractivity contribution < 1.29 is 4.79 Å². The fourth-order valence-corrected chi connectivity index (χ4v) is 2.93. The van der Waals surface area contributed by atoms with Crippen molar-refractivity contribution >= 4 is 5.78 Å². The van der Waals surface area contributed by atoms with Crippen LogP contribution < -0.4 is 0 Å². The first-order valence-electron chi connectivity index (χ1n) is 4.73. The minimum Gasteiger partial charge on any atom is -0.295 e. The van der Waals surface area contributed by atoms with Crippen LogP contribution in [0.3, 0.4) is 0 Å². The van der Waals surface area contributed by atoms with Crippen molar-refractivity contribution in [1.82, 2.24) is 0 Å². The Bertz CT molecular complexity index is 300. The van der Waals surface area contributed by atoms with Crippen LogP contribution in [0.25, 0.3) is 0 Å². The summed E-state index contributed by atoms with van der Waals surface area (Å²) in [5, 5.41) is 0. The molecule has 1 heteroatoms. The third-order valence-corrected chi connectivity index (χ3v) is 3.72. The second-order valence-electron chi connectivity index (χ2n) is 4.29. The molecule has 62 valence electrons. The van der Waals surface area contributed by atoms with Crippen LogP contribution in [0.15, 0.2) is 24.3 Å². The van der Waals surface area contributed by atoms with E-state index in [1.165, 1.54) is 12.8 Å². The Balaban J connectivity index is 2.12. The molecule has 0 unspecified atom stereocenters. The summed E-state index contributed by atoms with van der Waals surface area (Å²) in [6.45, 7) is 0. The van der Waals surface area contributed by atoms with Crippen LogP contribution in [0, 0.1) is 17.3 Å². The van der Waals surface area contributed by atoms with Gasteiger partial charge in [-0.3, -0.25) is 4.79 Å². The molecule has 1 fully saturated rings. The highest BCUT2D eigenvalue weighted by molar-refractivity contribution is 5.96.